The number of rotatable bonds is 4. The lowest BCUT2D eigenvalue weighted by Gasteiger charge is -2.30. The van der Waals surface area contributed by atoms with Gasteiger partial charge in [0.15, 0.2) is 0 Å². The van der Waals surface area contributed by atoms with Crippen molar-refractivity contribution in [3.05, 3.63) is 28.5 Å². The zero-order valence-electron chi connectivity index (χ0n) is 12.4. The van der Waals surface area contributed by atoms with Crippen molar-refractivity contribution in [3.8, 4) is 0 Å². The number of nitrogens with zero attached hydrogens (tertiary/aromatic N) is 3. The molecule has 0 amide bonds. The van der Waals surface area contributed by atoms with Crippen molar-refractivity contribution in [2.45, 2.75) is 38.1 Å². The number of alkyl halides is 1. The summed E-state index contributed by atoms with van der Waals surface area (Å²) in [6.07, 6.45) is 4.02. The summed E-state index contributed by atoms with van der Waals surface area (Å²) in [7, 11) is 0. The second-order valence-corrected chi connectivity index (χ2v) is 7.06. The van der Waals surface area contributed by atoms with Crippen LogP contribution in [0, 0.1) is 0 Å². The lowest BCUT2D eigenvalue weighted by molar-refractivity contribution is 0.202. The molecule has 0 bridgehead atoms. The predicted molar refractivity (Wildman–Crippen MR) is 92.0 cm³/mol. The molecule has 3 nitrogen and oxygen atoms in total. The first kappa shape index (κ1) is 15.3. The summed E-state index contributed by atoms with van der Waals surface area (Å²) < 4.78 is 3.39. The number of imidazole rings is 1. The van der Waals surface area contributed by atoms with Crippen LogP contribution < -0.4 is 0 Å². The monoisotopic (exact) mass is 369 g/mol. The topological polar surface area (TPSA) is 21.1 Å². The fourth-order valence-corrected chi connectivity index (χ4v) is 3.84. The molecule has 0 radical (unpaired) electrons. The van der Waals surface area contributed by atoms with E-state index in [4.69, 9.17) is 11.6 Å². The van der Waals surface area contributed by atoms with Gasteiger partial charge >= 0.3 is 0 Å². The highest BCUT2D eigenvalue weighted by Gasteiger charge is 2.19. The van der Waals surface area contributed by atoms with Gasteiger partial charge in [-0.15, -0.1) is 11.6 Å². The van der Waals surface area contributed by atoms with E-state index in [2.05, 4.69) is 49.4 Å². The number of hydrogen-bond donors (Lipinski definition) is 0. The third kappa shape index (κ3) is 3.27. The molecule has 1 unspecified atom stereocenters. The van der Waals surface area contributed by atoms with Crippen LogP contribution in [0.3, 0.4) is 0 Å². The van der Waals surface area contributed by atoms with Crippen LogP contribution in [-0.2, 0) is 5.88 Å². The largest absolute Gasteiger partial charge is 0.323 e. The van der Waals surface area contributed by atoms with Crippen LogP contribution in [-0.4, -0.2) is 34.1 Å². The van der Waals surface area contributed by atoms with Crippen molar-refractivity contribution in [1.82, 2.24) is 14.5 Å². The van der Waals surface area contributed by atoms with Crippen LogP contribution in [0.5, 0.6) is 0 Å². The Morgan fingerprint density at radius 1 is 1.29 bits per heavy atom. The summed E-state index contributed by atoms with van der Waals surface area (Å²) in [5.41, 5.74) is 2.20. The van der Waals surface area contributed by atoms with E-state index in [9.17, 15) is 0 Å². The highest BCUT2D eigenvalue weighted by atomic mass is 79.9. The lowest BCUT2D eigenvalue weighted by Crippen LogP contribution is -2.34. The molecule has 1 saturated heterocycles. The number of hydrogen-bond acceptors (Lipinski definition) is 2. The van der Waals surface area contributed by atoms with Crippen molar-refractivity contribution in [3.63, 3.8) is 0 Å². The summed E-state index contributed by atoms with van der Waals surface area (Å²) in [4.78, 5) is 7.24. The quantitative estimate of drug-likeness (QED) is 0.734. The third-order valence-corrected chi connectivity index (χ3v) is 4.99. The van der Waals surface area contributed by atoms with E-state index < -0.39 is 0 Å². The average Bonchev–Trinajstić information content (AvgIpc) is 2.86. The summed E-state index contributed by atoms with van der Waals surface area (Å²) >= 11 is 9.68. The summed E-state index contributed by atoms with van der Waals surface area (Å²) in [6.45, 7) is 5.78. The Hall–Kier alpha value is -0.580. The van der Waals surface area contributed by atoms with Crippen molar-refractivity contribution in [2.75, 3.05) is 19.6 Å². The van der Waals surface area contributed by atoms with Gasteiger partial charge in [0.2, 0.25) is 0 Å². The molecule has 0 aliphatic carbocycles. The van der Waals surface area contributed by atoms with Crippen molar-refractivity contribution in [1.29, 1.82) is 0 Å². The third-order valence-electron chi connectivity index (χ3n) is 4.26. The Balaban J connectivity index is 1.91. The molecule has 2 aromatic rings. The fourth-order valence-electron chi connectivity index (χ4n) is 3.30. The maximum Gasteiger partial charge on any atom is 0.125 e. The van der Waals surface area contributed by atoms with Crippen LogP contribution in [0.4, 0.5) is 0 Å². The Morgan fingerprint density at radius 2 is 2.05 bits per heavy atom. The van der Waals surface area contributed by atoms with Crippen LogP contribution in [0.1, 0.15) is 38.1 Å². The first-order valence-corrected chi connectivity index (χ1v) is 8.96. The summed E-state index contributed by atoms with van der Waals surface area (Å²) in [5.74, 6) is 1.42. The molecule has 0 spiro atoms. The van der Waals surface area contributed by atoms with E-state index in [1.807, 2.05) is 6.07 Å². The number of piperidine rings is 1. The highest BCUT2D eigenvalue weighted by Crippen LogP contribution is 2.26. The Labute approximate surface area is 139 Å². The van der Waals surface area contributed by atoms with Crippen LogP contribution >= 0.6 is 27.5 Å². The zero-order chi connectivity index (χ0) is 14.8. The molecule has 1 aliphatic heterocycles. The highest BCUT2D eigenvalue weighted by molar-refractivity contribution is 9.10. The van der Waals surface area contributed by atoms with Gasteiger partial charge in [0.25, 0.3) is 0 Å². The summed E-state index contributed by atoms with van der Waals surface area (Å²) in [5, 5.41) is 0. The molecule has 1 aromatic heterocycles. The van der Waals surface area contributed by atoms with Gasteiger partial charge in [0.05, 0.1) is 16.9 Å². The maximum absolute atomic E-state index is 6.12. The first-order valence-electron chi connectivity index (χ1n) is 7.63. The van der Waals surface area contributed by atoms with Gasteiger partial charge in [-0.3, -0.25) is 0 Å². The second kappa shape index (κ2) is 6.67. The molecule has 1 atom stereocenters. The normalized spacial score (nSPS) is 18.2. The molecular weight excluding hydrogens is 350 g/mol. The van der Waals surface area contributed by atoms with Crippen molar-refractivity contribution in [2.24, 2.45) is 0 Å². The first-order chi connectivity index (χ1) is 10.2. The smallest absolute Gasteiger partial charge is 0.125 e. The van der Waals surface area contributed by atoms with E-state index in [-0.39, 0.29) is 0 Å². The lowest BCUT2D eigenvalue weighted by atomic mass is 10.1. The average molecular weight is 371 g/mol. The van der Waals surface area contributed by atoms with Gasteiger partial charge in [-0.05, 0) is 51.1 Å². The number of fused-ring (bicyclic) bond motifs is 1. The SMILES string of the molecule is CC(CN1CCCCC1)n1c(CCl)nc2ccc(Br)cc21. The maximum atomic E-state index is 6.12. The molecular formula is C16H21BrClN3. The van der Waals surface area contributed by atoms with Gasteiger partial charge in [-0.1, -0.05) is 22.4 Å². The van der Waals surface area contributed by atoms with E-state index in [1.165, 1.54) is 37.9 Å². The van der Waals surface area contributed by atoms with E-state index >= 15 is 0 Å². The minimum Gasteiger partial charge on any atom is -0.323 e. The number of likely N-dealkylation sites (tertiary alicyclic amines) is 1. The van der Waals surface area contributed by atoms with E-state index in [0.29, 0.717) is 11.9 Å². The fraction of sp³-hybridized carbons (Fsp3) is 0.562. The summed E-state index contributed by atoms with van der Waals surface area (Å²) in [6, 6.07) is 6.62. The van der Waals surface area contributed by atoms with Crippen molar-refractivity contribution < 1.29 is 0 Å². The molecule has 5 heteroatoms. The van der Waals surface area contributed by atoms with Gasteiger partial charge in [-0.25, -0.2) is 4.98 Å². The van der Waals surface area contributed by atoms with Crippen LogP contribution in [0.25, 0.3) is 11.0 Å². The van der Waals surface area contributed by atoms with Gasteiger partial charge in [0.1, 0.15) is 5.82 Å². The Kier molecular flexibility index (Phi) is 4.87. The zero-order valence-corrected chi connectivity index (χ0v) is 14.7. The van der Waals surface area contributed by atoms with Crippen LogP contribution in [0.15, 0.2) is 22.7 Å². The Morgan fingerprint density at radius 3 is 2.76 bits per heavy atom. The van der Waals surface area contributed by atoms with Gasteiger partial charge in [-0.2, -0.15) is 0 Å². The standard InChI is InChI=1S/C16H21BrClN3/c1-12(11-20-7-3-2-4-8-20)21-15-9-13(17)5-6-14(15)19-16(21)10-18/h5-6,9,12H,2-4,7-8,10-11H2,1H3. The van der Waals surface area contributed by atoms with E-state index in [1.54, 1.807) is 0 Å². The molecule has 1 fully saturated rings. The number of aromatic nitrogens is 2. The molecule has 0 saturated carbocycles. The number of halogens is 2. The molecule has 3 rings (SSSR count). The Bertz CT molecular complexity index is 619. The minimum absolute atomic E-state index is 0.385. The molecule has 2 heterocycles. The predicted octanol–water partition coefficient (Wildman–Crippen LogP) is 4.58. The molecule has 114 valence electrons. The minimum atomic E-state index is 0.385. The van der Waals surface area contributed by atoms with Gasteiger partial charge < -0.3 is 9.47 Å². The number of benzene rings is 1. The van der Waals surface area contributed by atoms with Gasteiger partial charge in [0, 0.05) is 17.1 Å². The molecule has 0 N–H and O–H groups in total. The van der Waals surface area contributed by atoms with Crippen LogP contribution in [0.2, 0.25) is 0 Å². The van der Waals surface area contributed by atoms with Crippen molar-refractivity contribution >= 4 is 38.6 Å². The molecule has 21 heavy (non-hydrogen) atoms. The second-order valence-electron chi connectivity index (χ2n) is 5.87. The molecule has 1 aromatic carbocycles. The van der Waals surface area contributed by atoms with E-state index in [0.717, 1.165) is 22.4 Å². The molecule has 1 aliphatic rings.